The zero-order valence-corrected chi connectivity index (χ0v) is 16.9. The van der Waals surface area contributed by atoms with Crippen molar-refractivity contribution in [1.82, 2.24) is 10.1 Å². The van der Waals surface area contributed by atoms with Crippen molar-refractivity contribution in [2.75, 3.05) is 25.2 Å². The first-order valence-corrected chi connectivity index (χ1v) is 9.90. The van der Waals surface area contributed by atoms with Gasteiger partial charge in [0, 0.05) is 36.7 Å². The number of ether oxygens (including phenoxy) is 2. The van der Waals surface area contributed by atoms with Crippen LogP contribution in [0.4, 0.5) is 5.69 Å². The Kier molecular flexibility index (Phi) is 5.17. The minimum Gasteiger partial charge on any atom is -0.454 e. The zero-order valence-electron chi connectivity index (χ0n) is 16.9. The lowest BCUT2D eigenvalue weighted by atomic mass is 9.94. The lowest BCUT2D eigenvalue weighted by Gasteiger charge is -2.31. The summed E-state index contributed by atoms with van der Waals surface area (Å²) in [4.78, 5) is 27.4. The van der Waals surface area contributed by atoms with Gasteiger partial charge in [-0.05, 0) is 31.9 Å². The van der Waals surface area contributed by atoms with Crippen LogP contribution in [-0.2, 0) is 4.79 Å². The number of anilines is 1. The number of nitrogens with one attached hydrogen (secondary N) is 1. The van der Waals surface area contributed by atoms with E-state index in [0.717, 1.165) is 0 Å². The molecule has 0 spiro atoms. The van der Waals surface area contributed by atoms with Gasteiger partial charge in [-0.1, -0.05) is 19.0 Å². The van der Waals surface area contributed by atoms with Crippen molar-refractivity contribution in [3.8, 4) is 11.5 Å². The number of likely N-dealkylation sites (tertiary alicyclic amines) is 1. The number of benzene rings is 1. The highest BCUT2D eigenvalue weighted by Gasteiger charge is 2.31. The van der Waals surface area contributed by atoms with Crippen LogP contribution in [0.2, 0.25) is 0 Å². The number of fused-ring (bicyclic) bond motifs is 1. The highest BCUT2D eigenvalue weighted by molar-refractivity contribution is 5.97. The Bertz CT molecular complexity index is 928. The maximum absolute atomic E-state index is 13.0. The predicted molar refractivity (Wildman–Crippen MR) is 105 cm³/mol. The van der Waals surface area contributed by atoms with Crippen LogP contribution >= 0.6 is 0 Å². The quantitative estimate of drug-likeness (QED) is 0.848. The Labute approximate surface area is 169 Å². The number of carbonyl (C=O) groups is 2. The molecule has 8 heteroatoms. The molecule has 8 nitrogen and oxygen atoms in total. The monoisotopic (exact) mass is 399 g/mol. The third-order valence-electron chi connectivity index (χ3n) is 5.42. The average molecular weight is 399 g/mol. The zero-order chi connectivity index (χ0) is 20.5. The normalized spacial score (nSPS) is 16.3. The Morgan fingerprint density at radius 3 is 2.62 bits per heavy atom. The molecule has 0 saturated carbocycles. The molecule has 4 rings (SSSR count). The minimum atomic E-state index is -0.141. The van der Waals surface area contributed by atoms with E-state index in [1.807, 2.05) is 13.8 Å². The maximum Gasteiger partial charge on any atom is 0.259 e. The van der Waals surface area contributed by atoms with Gasteiger partial charge in [-0.2, -0.15) is 0 Å². The highest BCUT2D eigenvalue weighted by atomic mass is 16.7. The van der Waals surface area contributed by atoms with Crippen molar-refractivity contribution in [3.05, 3.63) is 35.2 Å². The second-order valence-corrected chi connectivity index (χ2v) is 7.79. The van der Waals surface area contributed by atoms with Crippen LogP contribution in [-0.4, -0.2) is 41.8 Å². The number of hydrogen-bond donors (Lipinski definition) is 1. The summed E-state index contributed by atoms with van der Waals surface area (Å²) < 4.78 is 16.0. The van der Waals surface area contributed by atoms with E-state index in [9.17, 15) is 9.59 Å². The van der Waals surface area contributed by atoms with Gasteiger partial charge in [0.1, 0.15) is 5.56 Å². The molecule has 2 aliphatic rings. The average Bonchev–Trinajstić information content (AvgIpc) is 3.33. The second kappa shape index (κ2) is 7.77. The largest absolute Gasteiger partial charge is 0.454 e. The molecule has 0 aliphatic carbocycles. The summed E-state index contributed by atoms with van der Waals surface area (Å²) in [6.45, 7) is 6.99. The van der Waals surface area contributed by atoms with Gasteiger partial charge in [0.2, 0.25) is 12.7 Å². The van der Waals surface area contributed by atoms with E-state index >= 15 is 0 Å². The molecule has 0 radical (unpaired) electrons. The molecular weight excluding hydrogens is 374 g/mol. The van der Waals surface area contributed by atoms with Gasteiger partial charge in [-0.3, -0.25) is 9.59 Å². The number of carbonyl (C=O) groups excluding carboxylic acids is 2. The number of nitrogens with zero attached hydrogens (tertiary/aromatic N) is 2. The fourth-order valence-electron chi connectivity index (χ4n) is 3.76. The van der Waals surface area contributed by atoms with Crippen LogP contribution in [0.25, 0.3) is 0 Å². The Hall–Kier alpha value is -3.03. The molecule has 154 valence electrons. The second-order valence-electron chi connectivity index (χ2n) is 7.79. The molecule has 2 aromatic rings. The number of hydrogen-bond acceptors (Lipinski definition) is 6. The van der Waals surface area contributed by atoms with Crippen LogP contribution in [0.1, 0.15) is 54.4 Å². The van der Waals surface area contributed by atoms with Crippen molar-refractivity contribution in [1.29, 1.82) is 0 Å². The number of aromatic nitrogens is 1. The van der Waals surface area contributed by atoms with Crippen molar-refractivity contribution in [2.24, 2.45) is 5.92 Å². The van der Waals surface area contributed by atoms with Gasteiger partial charge in [0.15, 0.2) is 17.3 Å². The van der Waals surface area contributed by atoms with E-state index in [1.165, 1.54) is 0 Å². The summed E-state index contributed by atoms with van der Waals surface area (Å²) in [7, 11) is 0. The van der Waals surface area contributed by atoms with Crippen molar-refractivity contribution in [2.45, 2.75) is 39.5 Å². The summed E-state index contributed by atoms with van der Waals surface area (Å²) in [5, 5.41) is 6.91. The van der Waals surface area contributed by atoms with Gasteiger partial charge >= 0.3 is 0 Å². The van der Waals surface area contributed by atoms with E-state index < -0.39 is 0 Å². The Morgan fingerprint density at radius 1 is 1.17 bits per heavy atom. The molecule has 0 atom stereocenters. The molecule has 1 N–H and O–H groups in total. The number of rotatable bonds is 4. The lowest BCUT2D eigenvalue weighted by Crippen LogP contribution is -2.41. The molecule has 2 amide bonds. The van der Waals surface area contributed by atoms with Crippen molar-refractivity contribution >= 4 is 17.5 Å². The topological polar surface area (TPSA) is 93.9 Å². The smallest absolute Gasteiger partial charge is 0.259 e. The molecular formula is C21H25N3O5. The molecule has 1 saturated heterocycles. The van der Waals surface area contributed by atoms with Crippen molar-refractivity contribution in [3.63, 3.8) is 0 Å². The highest BCUT2D eigenvalue weighted by Crippen LogP contribution is 2.34. The number of aryl methyl sites for hydroxylation is 1. The Balaban J connectivity index is 1.36. The van der Waals surface area contributed by atoms with Crippen LogP contribution < -0.4 is 14.8 Å². The van der Waals surface area contributed by atoms with Crippen LogP contribution in [0.3, 0.4) is 0 Å². The van der Waals surface area contributed by atoms with Gasteiger partial charge in [-0.15, -0.1) is 0 Å². The molecule has 29 heavy (non-hydrogen) atoms. The fourth-order valence-corrected chi connectivity index (χ4v) is 3.76. The summed E-state index contributed by atoms with van der Waals surface area (Å²) >= 11 is 0. The molecule has 1 aromatic heterocycles. The number of amides is 2. The SMILES string of the molecule is Cc1noc(C(C)C)c1C(=O)N1CCC(C(=O)Nc2ccc3c(c2)OCO3)CC1. The van der Waals surface area contributed by atoms with Gasteiger partial charge < -0.3 is 24.2 Å². The van der Waals surface area contributed by atoms with Gasteiger partial charge in [-0.25, -0.2) is 0 Å². The van der Waals surface area contributed by atoms with E-state index in [0.29, 0.717) is 60.1 Å². The first kappa shape index (κ1) is 19.3. The van der Waals surface area contributed by atoms with E-state index in [4.69, 9.17) is 14.0 Å². The van der Waals surface area contributed by atoms with Crippen LogP contribution in [0, 0.1) is 12.8 Å². The number of piperidine rings is 1. The summed E-state index contributed by atoms with van der Waals surface area (Å²) in [6, 6.07) is 5.35. The third-order valence-corrected chi connectivity index (χ3v) is 5.42. The molecule has 0 bridgehead atoms. The predicted octanol–water partition coefficient (Wildman–Crippen LogP) is 3.33. The molecule has 0 unspecified atom stereocenters. The molecule has 2 aliphatic heterocycles. The fraction of sp³-hybridized carbons (Fsp3) is 0.476. The Morgan fingerprint density at radius 2 is 1.90 bits per heavy atom. The first-order chi connectivity index (χ1) is 13.9. The van der Waals surface area contributed by atoms with Crippen LogP contribution in [0.15, 0.2) is 22.7 Å². The summed E-state index contributed by atoms with van der Waals surface area (Å²) in [5.74, 6) is 1.77. The summed E-state index contributed by atoms with van der Waals surface area (Å²) in [5.41, 5.74) is 1.85. The van der Waals surface area contributed by atoms with E-state index in [1.54, 1.807) is 30.0 Å². The standard InChI is InChI=1S/C21H25N3O5/c1-12(2)19-18(13(3)23-29-19)21(26)24-8-6-14(7-9-24)20(25)22-15-4-5-16-17(10-15)28-11-27-16/h4-5,10,12,14H,6-9,11H2,1-3H3,(H,22,25). The van der Waals surface area contributed by atoms with Crippen LogP contribution in [0.5, 0.6) is 11.5 Å². The van der Waals surface area contributed by atoms with Crippen molar-refractivity contribution < 1.29 is 23.6 Å². The third kappa shape index (κ3) is 3.79. The molecule has 1 fully saturated rings. The summed E-state index contributed by atoms with van der Waals surface area (Å²) in [6.07, 6.45) is 1.23. The lowest BCUT2D eigenvalue weighted by molar-refractivity contribution is -0.121. The van der Waals surface area contributed by atoms with Gasteiger partial charge in [0.05, 0.1) is 5.69 Å². The van der Waals surface area contributed by atoms with E-state index in [-0.39, 0.29) is 30.4 Å². The molecule has 1 aromatic carbocycles. The maximum atomic E-state index is 13.0. The minimum absolute atomic E-state index is 0.0417. The van der Waals surface area contributed by atoms with Gasteiger partial charge in [0.25, 0.3) is 5.91 Å². The van der Waals surface area contributed by atoms with E-state index in [2.05, 4.69) is 10.5 Å². The first-order valence-electron chi connectivity index (χ1n) is 9.90. The molecule has 3 heterocycles.